The molecule has 3 heteroatoms. The van der Waals surface area contributed by atoms with Crippen LogP contribution in [0.2, 0.25) is 0 Å². The van der Waals surface area contributed by atoms with E-state index in [1.165, 1.54) is 42.9 Å². The van der Waals surface area contributed by atoms with E-state index in [-0.39, 0.29) is 0 Å². The Labute approximate surface area is 96.1 Å². The highest BCUT2D eigenvalue weighted by atomic mass is 32.1. The van der Waals surface area contributed by atoms with Crippen LogP contribution < -0.4 is 5.32 Å². The van der Waals surface area contributed by atoms with Gasteiger partial charge in [0.05, 0.1) is 5.01 Å². The van der Waals surface area contributed by atoms with Gasteiger partial charge in [-0.15, -0.1) is 11.3 Å². The van der Waals surface area contributed by atoms with Crippen LogP contribution in [0.1, 0.15) is 36.9 Å². The zero-order chi connectivity index (χ0) is 10.7. The van der Waals surface area contributed by atoms with Gasteiger partial charge >= 0.3 is 0 Å². The Morgan fingerprint density at radius 2 is 2.33 bits per heavy atom. The molecule has 0 spiro atoms. The molecule has 0 amide bonds. The molecule has 1 aliphatic rings. The third-order valence-electron chi connectivity index (χ3n) is 3.08. The first-order valence-electron chi connectivity index (χ1n) is 5.86. The second-order valence-electron chi connectivity index (χ2n) is 4.74. The van der Waals surface area contributed by atoms with Gasteiger partial charge < -0.3 is 5.32 Å². The first-order chi connectivity index (χ1) is 7.24. The van der Waals surface area contributed by atoms with E-state index in [1.54, 1.807) is 0 Å². The molecule has 0 radical (unpaired) electrons. The Hall–Kier alpha value is -0.410. The smallest absolute Gasteiger partial charge is 0.0934 e. The zero-order valence-corrected chi connectivity index (χ0v) is 10.5. The van der Waals surface area contributed by atoms with Gasteiger partial charge in [0.15, 0.2) is 0 Å². The first-order valence-corrected chi connectivity index (χ1v) is 6.74. The Bertz CT molecular complexity index is 315. The Morgan fingerprint density at radius 3 is 2.87 bits per heavy atom. The zero-order valence-electron chi connectivity index (χ0n) is 9.68. The SMILES string of the molecule is CCCNCC1(Cc2nc(C)cs2)CC1. The molecule has 1 fully saturated rings. The van der Waals surface area contributed by atoms with Crippen LogP contribution in [-0.4, -0.2) is 18.1 Å². The van der Waals surface area contributed by atoms with Crippen molar-refractivity contribution < 1.29 is 0 Å². The molecule has 1 N–H and O–H groups in total. The third kappa shape index (κ3) is 3.02. The van der Waals surface area contributed by atoms with Gasteiger partial charge in [0.2, 0.25) is 0 Å². The minimum absolute atomic E-state index is 0.555. The quantitative estimate of drug-likeness (QED) is 0.752. The van der Waals surface area contributed by atoms with Crippen LogP contribution in [0.5, 0.6) is 0 Å². The van der Waals surface area contributed by atoms with Crippen LogP contribution in [0.4, 0.5) is 0 Å². The minimum atomic E-state index is 0.555. The van der Waals surface area contributed by atoms with Crippen molar-refractivity contribution in [2.24, 2.45) is 5.41 Å². The molecule has 0 aliphatic heterocycles. The van der Waals surface area contributed by atoms with E-state index in [4.69, 9.17) is 0 Å². The highest BCUT2D eigenvalue weighted by Crippen LogP contribution is 2.48. The number of hydrogen-bond donors (Lipinski definition) is 1. The van der Waals surface area contributed by atoms with Crippen LogP contribution >= 0.6 is 11.3 Å². The lowest BCUT2D eigenvalue weighted by Gasteiger charge is -2.13. The molecule has 1 aromatic heterocycles. The Morgan fingerprint density at radius 1 is 1.53 bits per heavy atom. The van der Waals surface area contributed by atoms with Crippen molar-refractivity contribution >= 4 is 11.3 Å². The van der Waals surface area contributed by atoms with E-state index in [1.807, 2.05) is 11.3 Å². The second-order valence-corrected chi connectivity index (χ2v) is 5.68. The molecule has 1 heterocycles. The van der Waals surface area contributed by atoms with Crippen LogP contribution in [0.25, 0.3) is 0 Å². The monoisotopic (exact) mass is 224 g/mol. The van der Waals surface area contributed by atoms with Crippen molar-refractivity contribution in [2.45, 2.75) is 39.5 Å². The van der Waals surface area contributed by atoms with Gasteiger partial charge in [-0.3, -0.25) is 0 Å². The van der Waals surface area contributed by atoms with Crippen molar-refractivity contribution in [3.05, 3.63) is 16.1 Å². The molecule has 0 atom stereocenters. The number of nitrogens with zero attached hydrogens (tertiary/aromatic N) is 1. The maximum absolute atomic E-state index is 4.55. The summed E-state index contributed by atoms with van der Waals surface area (Å²) < 4.78 is 0. The summed E-state index contributed by atoms with van der Waals surface area (Å²) in [5, 5.41) is 7.02. The maximum Gasteiger partial charge on any atom is 0.0934 e. The molecule has 2 rings (SSSR count). The average molecular weight is 224 g/mol. The van der Waals surface area contributed by atoms with Crippen LogP contribution in [0.15, 0.2) is 5.38 Å². The molecule has 15 heavy (non-hydrogen) atoms. The molecule has 0 unspecified atom stereocenters. The van der Waals surface area contributed by atoms with Gasteiger partial charge in [-0.25, -0.2) is 4.98 Å². The molecular weight excluding hydrogens is 204 g/mol. The Kier molecular flexibility index (Phi) is 3.42. The molecule has 84 valence electrons. The first kappa shape index (κ1) is 11.1. The Balaban J connectivity index is 1.83. The standard InChI is InChI=1S/C12H20N2S/c1-3-6-13-9-12(4-5-12)7-11-14-10(2)8-15-11/h8,13H,3-7,9H2,1-2H3. The number of nitrogens with one attached hydrogen (secondary N) is 1. The summed E-state index contributed by atoms with van der Waals surface area (Å²) in [6.45, 7) is 6.63. The van der Waals surface area contributed by atoms with Gasteiger partial charge in [0.1, 0.15) is 0 Å². The van der Waals surface area contributed by atoms with E-state index >= 15 is 0 Å². The number of aromatic nitrogens is 1. The predicted octanol–water partition coefficient (Wildman–Crippen LogP) is 2.77. The summed E-state index contributed by atoms with van der Waals surface area (Å²) in [5.74, 6) is 0. The van der Waals surface area contributed by atoms with E-state index in [9.17, 15) is 0 Å². The second kappa shape index (κ2) is 4.62. The van der Waals surface area contributed by atoms with Crippen LogP contribution in [0, 0.1) is 12.3 Å². The summed E-state index contributed by atoms with van der Waals surface area (Å²) in [6.07, 6.45) is 5.17. The molecule has 1 saturated carbocycles. The van der Waals surface area contributed by atoms with Gasteiger partial charge in [0, 0.05) is 24.0 Å². The average Bonchev–Trinajstić information content (AvgIpc) is 2.84. The van der Waals surface area contributed by atoms with Crippen LogP contribution in [0.3, 0.4) is 0 Å². The fourth-order valence-corrected chi connectivity index (χ4v) is 2.87. The van der Waals surface area contributed by atoms with E-state index in [0.29, 0.717) is 5.41 Å². The summed E-state index contributed by atoms with van der Waals surface area (Å²) >= 11 is 1.82. The fraction of sp³-hybridized carbons (Fsp3) is 0.750. The third-order valence-corrected chi connectivity index (χ3v) is 4.04. The summed E-state index contributed by atoms with van der Waals surface area (Å²) in [6, 6.07) is 0. The van der Waals surface area contributed by atoms with Crippen molar-refractivity contribution in [2.75, 3.05) is 13.1 Å². The summed E-state index contributed by atoms with van der Waals surface area (Å²) in [7, 11) is 0. The van der Waals surface area contributed by atoms with Gasteiger partial charge in [-0.05, 0) is 38.1 Å². The van der Waals surface area contributed by atoms with Crippen molar-refractivity contribution in [3.8, 4) is 0 Å². The molecule has 1 aliphatic carbocycles. The van der Waals surface area contributed by atoms with E-state index < -0.39 is 0 Å². The lowest BCUT2D eigenvalue weighted by molar-refractivity contribution is 0.455. The topological polar surface area (TPSA) is 24.9 Å². The molecule has 1 aromatic rings. The van der Waals surface area contributed by atoms with Gasteiger partial charge in [-0.2, -0.15) is 0 Å². The molecule has 2 nitrogen and oxygen atoms in total. The normalized spacial score (nSPS) is 18.0. The molecule has 0 saturated heterocycles. The minimum Gasteiger partial charge on any atom is -0.316 e. The lowest BCUT2D eigenvalue weighted by Crippen LogP contribution is -2.26. The van der Waals surface area contributed by atoms with Crippen molar-refractivity contribution in [3.63, 3.8) is 0 Å². The van der Waals surface area contributed by atoms with E-state index in [0.717, 1.165) is 6.54 Å². The largest absolute Gasteiger partial charge is 0.316 e. The predicted molar refractivity (Wildman–Crippen MR) is 65.4 cm³/mol. The number of thiazole rings is 1. The van der Waals surface area contributed by atoms with Gasteiger partial charge in [-0.1, -0.05) is 6.92 Å². The highest BCUT2D eigenvalue weighted by molar-refractivity contribution is 7.09. The highest BCUT2D eigenvalue weighted by Gasteiger charge is 2.42. The molecule has 0 aromatic carbocycles. The van der Waals surface area contributed by atoms with Crippen LogP contribution in [-0.2, 0) is 6.42 Å². The van der Waals surface area contributed by atoms with Gasteiger partial charge in [0.25, 0.3) is 0 Å². The molecular formula is C12H20N2S. The van der Waals surface area contributed by atoms with Crippen molar-refractivity contribution in [1.82, 2.24) is 10.3 Å². The van der Waals surface area contributed by atoms with E-state index in [2.05, 4.69) is 29.5 Å². The molecule has 0 bridgehead atoms. The van der Waals surface area contributed by atoms with Crippen molar-refractivity contribution in [1.29, 1.82) is 0 Å². The number of hydrogen-bond acceptors (Lipinski definition) is 3. The summed E-state index contributed by atoms with van der Waals surface area (Å²) in [5.41, 5.74) is 1.73. The fourth-order valence-electron chi connectivity index (χ4n) is 1.93. The number of aryl methyl sites for hydroxylation is 1. The number of rotatable bonds is 6. The lowest BCUT2D eigenvalue weighted by atomic mass is 10.0. The summed E-state index contributed by atoms with van der Waals surface area (Å²) in [4.78, 5) is 4.55. The maximum atomic E-state index is 4.55.